The van der Waals surface area contributed by atoms with Crippen LogP contribution in [0, 0.1) is 5.92 Å². The van der Waals surface area contributed by atoms with Crippen LogP contribution in [0.3, 0.4) is 0 Å². The molecule has 1 aliphatic rings. The van der Waals surface area contributed by atoms with Gasteiger partial charge in [-0.3, -0.25) is 4.79 Å². The summed E-state index contributed by atoms with van der Waals surface area (Å²) in [5, 5.41) is 0. The summed E-state index contributed by atoms with van der Waals surface area (Å²) in [6.45, 7) is 0. The summed E-state index contributed by atoms with van der Waals surface area (Å²) in [5.41, 5.74) is 0. The molecule has 1 atom stereocenters. The van der Waals surface area contributed by atoms with E-state index in [1.165, 1.54) is 0 Å². The minimum Gasteiger partial charge on any atom is -0.306 e. The first-order valence-electron chi connectivity index (χ1n) is 3.77. The molecule has 1 rings (SSSR count). The van der Waals surface area contributed by atoms with Crippen molar-refractivity contribution in [1.82, 2.24) is 0 Å². The zero-order valence-electron chi connectivity index (χ0n) is 6.28. The first-order chi connectivity index (χ1) is 5.18. The summed E-state index contributed by atoms with van der Waals surface area (Å²) in [6, 6.07) is 0. The van der Waals surface area contributed by atoms with Gasteiger partial charge in [-0.25, -0.2) is 4.21 Å². The van der Waals surface area contributed by atoms with Crippen molar-refractivity contribution in [2.75, 3.05) is 5.75 Å². The second-order valence-corrected chi connectivity index (χ2v) is 3.95. The molecule has 0 bridgehead atoms. The predicted molar refractivity (Wildman–Crippen MR) is 42.6 cm³/mol. The van der Waals surface area contributed by atoms with Crippen LogP contribution in [0.2, 0.25) is 0 Å². The number of hydrogen-bond acceptors (Lipinski definition) is 2. The molecule has 3 nitrogen and oxygen atoms in total. The second kappa shape index (κ2) is 3.97. The van der Waals surface area contributed by atoms with Gasteiger partial charge in [-0.1, -0.05) is 0 Å². The van der Waals surface area contributed by atoms with Crippen molar-refractivity contribution in [2.45, 2.75) is 25.7 Å². The van der Waals surface area contributed by atoms with E-state index in [0.717, 1.165) is 12.8 Å². The Kier molecular flexibility index (Phi) is 3.20. The van der Waals surface area contributed by atoms with Crippen molar-refractivity contribution >= 4 is 16.9 Å². The molecule has 4 heteroatoms. The molecule has 1 saturated carbocycles. The molecule has 0 heterocycles. The van der Waals surface area contributed by atoms with Crippen molar-refractivity contribution in [1.29, 1.82) is 0 Å². The highest BCUT2D eigenvalue weighted by Gasteiger charge is 2.19. The van der Waals surface area contributed by atoms with E-state index in [0.29, 0.717) is 30.3 Å². The lowest BCUT2D eigenvalue weighted by molar-refractivity contribution is -0.120. The summed E-state index contributed by atoms with van der Waals surface area (Å²) in [5.74, 6) is 0.927. The predicted octanol–water partition coefficient (Wildman–Crippen LogP) is 0.967. The van der Waals surface area contributed by atoms with Gasteiger partial charge in [-0.2, -0.15) is 0 Å². The van der Waals surface area contributed by atoms with E-state index in [4.69, 9.17) is 4.55 Å². The minimum absolute atomic E-state index is 0.290. The summed E-state index contributed by atoms with van der Waals surface area (Å²) in [6.07, 6.45) is 2.79. The van der Waals surface area contributed by atoms with E-state index >= 15 is 0 Å². The van der Waals surface area contributed by atoms with E-state index < -0.39 is 11.1 Å². The Balaban J connectivity index is 2.28. The molecule has 1 N–H and O–H groups in total. The highest BCUT2D eigenvalue weighted by atomic mass is 32.2. The van der Waals surface area contributed by atoms with E-state index in [1.54, 1.807) is 0 Å². The smallest absolute Gasteiger partial charge is 0.153 e. The SMILES string of the molecule is O=C1CCC(CS(=O)O)CC1. The fraction of sp³-hybridized carbons (Fsp3) is 0.857. The van der Waals surface area contributed by atoms with Gasteiger partial charge in [0, 0.05) is 12.8 Å². The van der Waals surface area contributed by atoms with E-state index in [9.17, 15) is 9.00 Å². The third-order valence-corrected chi connectivity index (χ3v) is 2.80. The fourth-order valence-corrected chi connectivity index (χ4v) is 2.10. The van der Waals surface area contributed by atoms with E-state index in [-0.39, 0.29) is 0 Å². The van der Waals surface area contributed by atoms with Crippen LogP contribution in [0.5, 0.6) is 0 Å². The molecule has 0 aromatic heterocycles. The Labute approximate surface area is 68.5 Å². The molecular formula is C7H12O3S. The van der Waals surface area contributed by atoms with Crippen LogP contribution in [0.1, 0.15) is 25.7 Å². The Hall–Kier alpha value is -0.220. The van der Waals surface area contributed by atoms with Gasteiger partial charge in [0.15, 0.2) is 11.1 Å². The average molecular weight is 176 g/mol. The van der Waals surface area contributed by atoms with Crippen molar-refractivity contribution in [3.05, 3.63) is 0 Å². The van der Waals surface area contributed by atoms with Gasteiger partial charge in [0.2, 0.25) is 0 Å². The maximum Gasteiger partial charge on any atom is 0.153 e. The Bertz CT molecular complexity index is 169. The highest BCUT2D eigenvalue weighted by Crippen LogP contribution is 2.21. The Morgan fingerprint density at radius 1 is 1.45 bits per heavy atom. The lowest BCUT2D eigenvalue weighted by Crippen LogP contribution is -2.18. The fourth-order valence-electron chi connectivity index (χ4n) is 1.37. The van der Waals surface area contributed by atoms with Crippen LogP contribution in [0.15, 0.2) is 0 Å². The van der Waals surface area contributed by atoms with E-state index in [2.05, 4.69) is 0 Å². The quantitative estimate of drug-likeness (QED) is 0.638. The van der Waals surface area contributed by atoms with Gasteiger partial charge in [-0.15, -0.1) is 0 Å². The molecule has 0 radical (unpaired) electrons. The lowest BCUT2D eigenvalue weighted by Gasteiger charge is -2.18. The van der Waals surface area contributed by atoms with E-state index in [1.807, 2.05) is 0 Å². The molecule has 0 aliphatic heterocycles. The molecule has 11 heavy (non-hydrogen) atoms. The van der Waals surface area contributed by atoms with Crippen molar-refractivity contribution in [3.8, 4) is 0 Å². The number of hydrogen-bond donors (Lipinski definition) is 1. The topological polar surface area (TPSA) is 54.4 Å². The molecule has 1 unspecified atom stereocenters. The average Bonchev–Trinajstić information content (AvgIpc) is 1.93. The van der Waals surface area contributed by atoms with Crippen LogP contribution in [-0.4, -0.2) is 20.3 Å². The lowest BCUT2D eigenvalue weighted by atomic mass is 9.90. The van der Waals surface area contributed by atoms with Gasteiger partial charge >= 0.3 is 0 Å². The third kappa shape index (κ3) is 3.12. The van der Waals surface area contributed by atoms with Crippen LogP contribution < -0.4 is 0 Å². The molecular weight excluding hydrogens is 164 g/mol. The van der Waals surface area contributed by atoms with Crippen LogP contribution in [-0.2, 0) is 15.9 Å². The first kappa shape index (κ1) is 8.87. The largest absolute Gasteiger partial charge is 0.306 e. The summed E-state index contributed by atoms with van der Waals surface area (Å²) in [4.78, 5) is 10.8. The number of Topliss-reactive ketones (excluding diaryl/α,β-unsaturated/α-hetero) is 1. The second-order valence-electron chi connectivity index (χ2n) is 2.97. The van der Waals surface area contributed by atoms with Gasteiger partial charge in [0.05, 0.1) is 5.75 Å². The molecule has 1 fully saturated rings. The molecule has 0 aromatic carbocycles. The molecule has 0 amide bonds. The van der Waals surface area contributed by atoms with Gasteiger partial charge in [-0.05, 0) is 18.8 Å². The van der Waals surface area contributed by atoms with Crippen LogP contribution in [0.25, 0.3) is 0 Å². The van der Waals surface area contributed by atoms with Crippen molar-refractivity contribution < 1.29 is 13.6 Å². The third-order valence-electron chi connectivity index (χ3n) is 2.04. The van der Waals surface area contributed by atoms with Gasteiger partial charge in [0.1, 0.15) is 5.78 Å². The first-order valence-corrected chi connectivity index (χ1v) is 5.05. The Morgan fingerprint density at radius 3 is 2.45 bits per heavy atom. The maximum absolute atomic E-state index is 10.8. The van der Waals surface area contributed by atoms with Gasteiger partial charge in [0.25, 0.3) is 0 Å². The zero-order chi connectivity index (χ0) is 8.27. The number of ketones is 1. The monoisotopic (exact) mass is 176 g/mol. The molecule has 64 valence electrons. The van der Waals surface area contributed by atoms with Crippen molar-refractivity contribution in [2.24, 2.45) is 5.92 Å². The maximum atomic E-state index is 10.8. The number of carbonyl (C=O) groups is 1. The van der Waals surface area contributed by atoms with Crippen molar-refractivity contribution in [3.63, 3.8) is 0 Å². The molecule has 1 aliphatic carbocycles. The summed E-state index contributed by atoms with van der Waals surface area (Å²) < 4.78 is 18.9. The summed E-state index contributed by atoms with van der Waals surface area (Å²) in [7, 11) is 0. The number of carbonyl (C=O) groups excluding carboxylic acids is 1. The Morgan fingerprint density at radius 2 is 2.00 bits per heavy atom. The van der Waals surface area contributed by atoms with Crippen LogP contribution in [0.4, 0.5) is 0 Å². The standard InChI is InChI=1S/C7H12O3S/c8-7-3-1-6(2-4-7)5-11(9)10/h6H,1-5H2,(H,9,10). The molecule has 0 spiro atoms. The number of rotatable bonds is 2. The van der Waals surface area contributed by atoms with Gasteiger partial charge < -0.3 is 4.55 Å². The zero-order valence-corrected chi connectivity index (χ0v) is 7.10. The highest BCUT2D eigenvalue weighted by molar-refractivity contribution is 7.79. The molecule has 0 saturated heterocycles. The molecule has 0 aromatic rings. The summed E-state index contributed by atoms with van der Waals surface area (Å²) >= 11 is -1.69. The minimum atomic E-state index is -1.69. The normalized spacial score (nSPS) is 23.5. The van der Waals surface area contributed by atoms with Crippen LogP contribution >= 0.6 is 0 Å².